The second kappa shape index (κ2) is 7.91. The highest BCUT2D eigenvalue weighted by Crippen LogP contribution is 2.26. The molecule has 5 nitrogen and oxygen atoms in total. The lowest BCUT2D eigenvalue weighted by Crippen LogP contribution is -2.36. The van der Waals surface area contributed by atoms with E-state index in [1.807, 2.05) is 0 Å². The quantitative estimate of drug-likeness (QED) is 0.582. The van der Waals surface area contributed by atoms with Crippen LogP contribution in [-0.4, -0.2) is 39.0 Å². The molecule has 7 heteroatoms. The molecular weight excluding hydrogens is 334 g/mol. The molecule has 1 aromatic rings. The van der Waals surface area contributed by atoms with Crippen molar-refractivity contribution in [3.8, 4) is 12.5 Å². The molecule has 2 rings (SSSR count). The minimum absolute atomic E-state index is 0.0971. The summed E-state index contributed by atoms with van der Waals surface area (Å²) in [6.07, 6.45) is 8.12. The fourth-order valence-corrected chi connectivity index (χ4v) is 4.27. The monoisotopic (exact) mass is 355 g/mol. The number of sulfonamides is 1. The molecule has 1 unspecified atom stereocenters. The number of hydrogen-bond donors (Lipinski definition) is 2. The highest BCUT2D eigenvalue weighted by atomic mass is 35.5. The Morgan fingerprint density at radius 2 is 2.26 bits per heavy atom. The van der Waals surface area contributed by atoms with E-state index in [0.29, 0.717) is 19.5 Å². The minimum Gasteiger partial charge on any atom is -0.385 e. The molecule has 0 aromatic heterocycles. The van der Waals surface area contributed by atoms with Gasteiger partial charge in [0.2, 0.25) is 10.0 Å². The predicted molar refractivity (Wildman–Crippen MR) is 94.0 cm³/mol. The number of hydrogen-bond acceptors (Lipinski definition) is 4. The summed E-state index contributed by atoms with van der Waals surface area (Å²) in [5, 5.41) is 3.42. The highest BCUT2D eigenvalue weighted by Gasteiger charge is 2.27. The number of nitrogens with zero attached hydrogens (tertiary/aromatic N) is 1. The zero-order valence-corrected chi connectivity index (χ0v) is 14.8. The normalized spacial score (nSPS) is 18.0. The summed E-state index contributed by atoms with van der Waals surface area (Å²) in [5.74, 6) is 0. The fraction of sp³-hybridized carbons (Fsp3) is 0.500. The molecule has 126 valence electrons. The van der Waals surface area contributed by atoms with Gasteiger partial charge in [0.25, 0.3) is 0 Å². The van der Waals surface area contributed by atoms with E-state index < -0.39 is 10.0 Å². The van der Waals surface area contributed by atoms with E-state index in [0.717, 1.165) is 25.1 Å². The second-order valence-corrected chi connectivity index (χ2v) is 7.70. The van der Waals surface area contributed by atoms with Crippen molar-refractivity contribution >= 4 is 27.3 Å². The van der Waals surface area contributed by atoms with Crippen LogP contribution in [0.2, 0.25) is 5.02 Å². The molecule has 0 amide bonds. The van der Waals surface area contributed by atoms with Gasteiger partial charge in [0.05, 0.1) is 5.02 Å². The number of likely N-dealkylation sites (tertiary alicyclic amines) is 1. The summed E-state index contributed by atoms with van der Waals surface area (Å²) >= 11 is 6.09. The van der Waals surface area contributed by atoms with Crippen LogP contribution < -0.4 is 10.0 Å². The first-order chi connectivity index (χ1) is 11.0. The van der Waals surface area contributed by atoms with Gasteiger partial charge >= 0.3 is 0 Å². The van der Waals surface area contributed by atoms with Gasteiger partial charge in [-0.2, -0.15) is 0 Å². The Labute approximate surface area is 143 Å². The van der Waals surface area contributed by atoms with Crippen molar-refractivity contribution in [2.75, 3.05) is 25.0 Å². The molecule has 0 aliphatic carbocycles. The van der Waals surface area contributed by atoms with Crippen molar-refractivity contribution in [2.24, 2.45) is 0 Å². The number of benzene rings is 1. The summed E-state index contributed by atoms with van der Waals surface area (Å²) in [7, 11) is -3.68. The van der Waals surface area contributed by atoms with Crippen LogP contribution in [0.4, 0.5) is 5.69 Å². The van der Waals surface area contributed by atoms with E-state index in [9.17, 15) is 8.42 Å². The van der Waals surface area contributed by atoms with Crippen molar-refractivity contribution in [3.05, 3.63) is 23.2 Å². The average Bonchev–Trinajstić information content (AvgIpc) is 2.96. The Morgan fingerprint density at radius 3 is 2.91 bits per heavy atom. The van der Waals surface area contributed by atoms with Gasteiger partial charge in [0, 0.05) is 37.4 Å². The van der Waals surface area contributed by atoms with Gasteiger partial charge < -0.3 is 10.2 Å². The van der Waals surface area contributed by atoms with Crippen LogP contribution >= 0.6 is 11.6 Å². The van der Waals surface area contributed by atoms with Crippen molar-refractivity contribution in [2.45, 2.75) is 37.1 Å². The summed E-state index contributed by atoms with van der Waals surface area (Å²) in [6, 6.07) is 7.31. The number of nitrogens with one attached hydrogen (secondary N) is 2. The van der Waals surface area contributed by atoms with Crippen LogP contribution in [0.5, 0.6) is 0 Å². The Kier molecular flexibility index (Phi) is 6.17. The van der Waals surface area contributed by atoms with Crippen molar-refractivity contribution < 1.29 is 8.42 Å². The van der Waals surface area contributed by atoms with E-state index in [2.05, 4.69) is 23.0 Å². The maximum atomic E-state index is 12.6. The molecule has 1 aliphatic rings. The van der Waals surface area contributed by atoms with Gasteiger partial charge in [-0.25, -0.2) is 13.1 Å². The number of terminal acetylenes is 1. The van der Waals surface area contributed by atoms with E-state index in [1.165, 1.54) is 0 Å². The molecule has 0 bridgehead atoms. The molecule has 1 saturated heterocycles. The second-order valence-electron chi connectivity index (χ2n) is 5.61. The van der Waals surface area contributed by atoms with E-state index in [4.69, 9.17) is 18.0 Å². The van der Waals surface area contributed by atoms with Crippen LogP contribution in [0.3, 0.4) is 0 Å². The molecule has 0 radical (unpaired) electrons. The molecule has 1 atom stereocenters. The number of rotatable bonds is 7. The zero-order chi connectivity index (χ0) is 16.9. The fourth-order valence-electron chi connectivity index (χ4n) is 2.49. The largest absolute Gasteiger partial charge is 0.385 e. The van der Waals surface area contributed by atoms with Crippen LogP contribution in [0.25, 0.3) is 0 Å². The number of unbranched alkanes of at least 4 members (excludes halogenated alkanes) is 1. The lowest BCUT2D eigenvalue weighted by Gasteiger charge is -2.15. The SMILES string of the molecule is C#CN1CCC(NS(=O)(=O)c2cc(NCCCC)ccc2Cl)C1. The van der Waals surface area contributed by atoms with Gasteiger partial charge in [-0.1, -0.05) is 31.4 Å². The molecule has 0 saturated carbocycles. The Morgan fingerprint density at radius 1 is 1.48 bits per heavy atom. The molecule has 2 N–H and O–H groups in total. The first kappa shape index (κ1) is 17.9. The zero-order valence-electron chi connectivity index (χ0n) is 13.2. The molecule has 0 spiro atoms. The highest BCUT2D eigenvalue weighted by molar-refractivity contribution is 7.89. The lowest BCUT2D eigenvalue weighted by molar-refractivity contribution is 0.478. The van der Waals surface area contributed by atoms with Crippen LogP contribution in [-0.2, 0) is 10.0 Å². The predicted octanol–water partition coefficient (Wildman–Crippen LogP) is 2.50. The molecule has 1 fully saturated rings. The van der Waals surface area contributed by atoms with E-state index >= 15 is 0 Å². The summed E-state index contributed by atoms with van der Waals surface area (Å²) in [5.41, 5.74) is 0.750. The maximum Gasteiger partial charge on any atom is 0.242 e. The topological polar surface area (TPSA) is 61.4 Å². The molecule has 23 heavy (non-hydrogen) atoms. The molecule has 1 heterocycles. The van der Waals surface area contributed by atoms with Gasteiger partial charge in [-0.3, -0.25) is 0 Å². The van der Waals surface area contributed by atoms with Gasteiger partial charge in [-0.05, 0) is 31.0 Å². The maximum absolute atomic E-state index is 12.6. The molecular formula is C16H22ClN3O2S. The van der Waals surface area contributed by atoms with Crippen molar-refractivity contribution in [1.29, 1.82) is 0 Å². The number of anilines is 1. The Balaban J connectivity index is 2.12. The van der Waals surface area contributed by atoms with Gasteiger partial charge in [0.1, 0.15) is 4.90 Å². The standard InChI is InChI=1S/C16H22ClN3O2S/c1-3-5-9-18-13-6-7-15(17)16(11-13)23(21,22)19-14-8-10-20(4-2)12-14/h2,6-7,11,14,18-19H,3,5,8-10,12H2,1H3. The Hall–Kier alpha value is -1.42. The summed E-state index contributed by atoms with van der Waals surface area (Å²) in [4.78, 5) is 1.86. The minimum atomic E-state index is -3.68. The van der Waals surface area contributed by atoms with Gasteiger partial charge in [-0.15, -0.1) is 0 Å². The van der Waals surface area contributed by atoms with Crippen LogP contribution in [0, 0.1) is 12.5 Å². The first-order valence-electron chi connectivity index (χ1n) is 7.73. The third-order valence-corrected chi connectivity index (χ3v) is 5.77. The molecule has 1 aromatic carbocycles. The third-order valence-electron chi connectivity index (χ3n) is 3.77. The lowest BCUT2D eigenvalue weighted by atomic mass is 10.3. The third kappa shape index (κ3) is 4.77. The molecule has 1 aliphatic heterocycles. The average molecular weight is 356 g/mol. The Bertz CT molecular complexity index is 685. The summed E-state index contributed by atoms with van der Waals surface area (Å²) < 4.78 is 27.9. The van der Waals surface area contributed by atoms with Crippen molar-refractivity contribution in [1.82, 2.24) is 9.62 Å². The van der Waals surface area contributed by atoms with Crippen LogP contribution in [0.15, 0.2) is 23.1 Å². The number of halogens is 1. The van der Waals surface area contributed by atoms with E-state index in [1.54, 1.807) is 23.1 Å². The van der Waals surface area contributed by atoms with E-state index in [-0.39, 0.29) is 16.0 Å². The van der Waals surface area contributed by atoms with Gasteiger partial charge in [0.15, 0.2) is 0 Å². The first-order valence-corrected chi connectivity index (χ1v) is 9.59. The van der Waals surface area contributed by atoms with Crippen molar-refractivity contribution in [3.63, 3.8) is 0 Å². The smallest absolute Gasteiger partial charge is 0.242 e. The van der Waals surface area contributed by atoms with Crippen LogP contribution in [0.1, 0.15) is 26.2 Å². The summed E-state index contributed by atoms with van der Waals surface area (Å²) in [6.45, 7) is 4.10.